The lowest BCUT2D eigenvalue weighted by molar-refractivity contribution is -0.139. The predicted molar refractivity (Wildman–Crippen MR) is 103 cm³/mol. The third kappa shape index (κ3) is 3.48. The van der Waals surface area contributed by atoms with E-state index in [9.17, 15) is 9.59 Å². The summed E-state index contributed by atoms with van der Waals surface area (Å²) in [6, 6.07) is 16.4. The van der Waals surface area contributed by atoms with Crippen LogP contribution in [-0.2, 0) is 9.59 Å². The van der Waals surface area contributed by atoms with E-state index >= 15 is 0 Å². The molecule has 2 amide bonds. The molecule has 1 aromatic heterocycles. The first-order valence-corrected chi connectivity index (χ1v) is 9.07. The normalized spacial score (nSPS) is 15.5. The van der Waals surface area contributed by atoms with Gasteiger partial charge in [0.15, 0.2) is 6.04 Å². The molecule has 3 aromatic rings. The Labute approximate surface area is 162 Å². The third-order valence-electron chi connectivity index (χ3n) is 4.86. The molecule has 0 radical (unpaired) electrons. The lowest BCUT2D eigenvalue weighted by atomic mass is 10.1. The molecule has 2 aromatic carbocycles. The summed E-state index contributed by atoms with van der Waals surface area (Å²) in [4.78, 5) is 29.3. The maximum atomic E-state index is 13.3. The van der Waals surface area contributed by atoms with E-state index in [2.05, 4.69) is 15.5 Å². The molecule has 1 fully saturated rings. The van der Waals surface area contributed by atoms with Crippen molar-refractivity contribution in [1.82, 2.24) is 25.1 Å². The van der Waals surface area contributed by atoms with Gasteiger partial charge >= 0.3 is 0 Å². The molecule has 1 atom stereocenters. The Balaban J connectivity index is 1.54. The van der Waals surface area contributed by atoms with Gasteiger partial charge in [-0.25, -0.2) is 4.68 Å². The number of carbonyl (C=O) groups excluding carboxylic acids is 2. The number of aryl methyl sites for hydroxylation is 1. The first kappa shape index (κ1) is 17.8. The topological polar surface area (TPSA) is 84.2 Å². The molecule has 0 N–H and O–H groups in total. The monoisotopic (exact) mass is 376 g/mol. The zero-order chi connectivity index (χ0) is 19.5. The van der Waals surface area contributed by atoms with Crippen molar-refractivity contribution in [2.24, 2.45) is 0 Å². The van der Waals surface area contributed by atoms with Crippen LogP contribution in [0.15, 0.2) is 60.9 Å². The number of hydrogen-bond donors (Lipinski definition) is 0. The molecule has 2 heterocycles. The van der Waals surface area contributed by atoms with Gasteiger partial charge in [0.05, 0.1) is 0 Å². The minimum Gasteiger partial charge on any atom is -0.329 e. The van der Waals surface area contributed by atoms with Gasteiger partial charge in [0, 0.05) is 18.8 Å². The van der Waals surface area contributed by atoms with Crippen LogP contribution in [0.3, 0.4) is 0 Å². The fraction of sp³-hybridized carbons (Fsp3) is 0.250. The van der Waals surface area contributed by atoms with Gasteiger partial charge in [-0.3, -0.25) is 9.59 Å². The fourth-order valence-electron chi connectivity index (χ4n) is 3.36. The highest BCUT2D eigenvalue weighted by Gasteiger charge is 2.34. The van der Waals surface area contributed by atoms with Crippen LogP contribution in [0.5, 0.6) is 0 Å². The van der Waals surface area contributed by atoms with Gasteiger partial charge in [-0.2, -0.15) is 0 Å². The number of nitrogens with zero attached hydrogens (tertiary/aromatic N) is 6. The third-order valence-corrected chi connectivity index (χ3v) is 4.86. The predicted octanol–water partition coefficient (Wildman–Crippen LogP) is 1.45. The first-order chi connectivity index (χ1) is 13.6. The van der Waals surface area contributed by atoms with Crippen LogP contribution >= 0.6 is 0 Å². The van der Waals surface area contributed by atoms with Gasteiger partial charge in [0.25, 0.3) is 5.91 Å². The molecule has 28 heavy (non-hydrogen) atoms. The van der Waals surface area contributed by atoms with E-state index in [0.717, 1.165) is 16.8 Å². The van der Waals surface area contributed by atoms with Gasteiger partial charge in [-0.05, 0) is 35.0 Å². The van der Waals surface area contributed by atoms with Crippen LogP contribution < -0.4 is 4.90 Å². The number of rotatable bonds is 4. The molecule has 1 saturated heterocycles. The van der Waals surface area contributed by atoms with Gasteiger partial charge < -0.3 is 9.80 Å². The minimum absolute atomic E-state index is 0.0260. The van der Waals surface area contributed by atoms with Gasteiger partial charge in [0.1, 0.15) is 12.9 Å². The molecule has 8 heteroatoms. The highest BCUT2D eigenvalue weighted by molar-refractivity contribution is 5.98. The van der Waals surface area contributed by atoms with Crippen LogP contribution in [0.1, 0.15) is 17.2 Å². The van der Waals surface area contributed by atoms with Crippen molar-refractivity contribution >= 4 is 17.5 Å². The lowest BCUT2D eigenvalue weighted by Gasteiger charge is -2.36. The quantitative estimate of drug-likeness (QED) is 0.688. The molecule has 0 spiro atoms. The maximum Gasteiger partial charge on any atom is 0.252 e. The van der Waals surface area contributed by atoms with Crippen molar-refractivity contribution in [3.05, 3.63) is 72.1 Å². The molecular formula is C20H20N6O2. The molecular weight excluding hydrogens is 356 g/mol. The van der Waals surface area contributed by atoms with E-state index in [1.807, 2.05) is 61.5 Å². The summed E-state index contributed by atoms with van der Waals surface area (Å²) < 4.78 is 1.43. The summed E-state index contributed by atoms with van der Waals surface area (Å²) in [5.74, 6) is -0.303. The van der Waals surface area contributed by atoms with E-state index in [-0.39, 0.29) is 18.4 Å². The number of tetrazole rings is 1. The number of piperazine rings is 1. The van der Waals surface area contributed by atoms with Crippen molar-refractivity contribution in [3.63, 3.8) is 0 Å². The zero-order valence-electron chi connectivity index (χ0n) is 15.5. The van der Waals surface area contributed by atoms with E-state index in [4.69, 9.17) is 0 Å². The second-order valence-corrected chi connectivity index (χ2v) is 6.74. The Morgan fingerprint density at radius 2 is 1.79 bits per heavy atom. The summed E-state index contributed by atoms with van der Waals surface area (Å²) in [5.41, 5.74) is 2.76. The van der Waals surface area contributed by atoms with Crippen LogP contribution in [0.4, 0.5) is 5.69 Å². The molecule has 4 rings (SSSR count). The number of benzene rings is 2. The molecule has 142 valence electrons. The first-order valence-electron chi connectivity index (χ1n) is 9.07. The highest BCUT2D eigenvalue weighted by atomic mass is 16.2. The largest absolute Gasteiger partial charge is 0.329 e. The Morgan fingerprint density at radius 1 is 1.04 bits per heavy atom. The zero-order valence-corrected chi connectivity index (χ0v) is 15.5. The van der Waals surface area contributed by atoms with Gasteiger partial charge in [0.2, 0.25) is 5.91 Å². The number of amides is 2. The van der Waals surface area contributed by atoms with Crippen molar-refractivity contribution in [3.8, 4) is 0 Å². The smallest absolute Gasteiger partial charge is 0.252 e. The molecule has 0 unspecified atom stereocenters. The number of carbonyl (C=O) groups is 2. The minimum atomic E-state index is -0.699. The van der Waals surface area contributed by atoms with Crippen LogP contribution in [-0.4, -0.2) is 56.6 Å². The number of aromatic nitrogens is 4. The lowest BCUT2D eigenvalue weighted by Crippen LogP contribution is -2.54. The van der Waals surface area contributed by atoms with Crippen LogP contribution in [0.2, 0.25) is 0 Å². The molecule has 0 aliphatic carbocycles. The SMILES string of the molecule is Cc1ccc(N2CCN(C(=O)[C@H](c3ccccc3)n3cnnn3)CC2=O)cc1. The fourth-order valence-corrected chi connectivity index (χ4v) is 3.36. The summed E-state index contributed by atoms with van der Waals surface area (Å²) in [5, 5.41) is 11.2. The Morgan fingerprint density at radius 3 is 2.43 bits per heavy atom. The summed E-state index contributed by atoms with van der Waals surface area (Å²) in [6.45, 7) is 2.93. The molecule has 1 aliphatic heterocycles. The number of anilines is 1. The second-order valence-electron chi connectivity index (χ2n) is 6.74. The van der Waals surface area contributed by atoms with E-state index < -0.39 is 6.04 Å². The van der Waals surface area contributed by atoms with E-state index in [1.54, 1.807) is 9.80 Å². The molecule has 0 bridgehead atoms. The summed E-state index contributed by atoms with van der Waals surface area (Å²) in [7, 11) is 0. The summed E-state index contributed by atoms with van der Waals surface area (Å²) >= 11 is 0. The van der Waals surface area contributed by atoms with Crippen LogP contribution in [0.25, 0.3) is 0 Å². The summed E-state index contributed by atoms with van der Waals surface area (Å²) in [6.07, 6.45) is 1.42. The van der Waals surface area contributed by atoms with Crippen molar-refractivity contribution in [2.45, 2.75) is 13.0 Å². The Hall–Kier alpha value is -3.55. The standard InChI is InChI=1S/C20H20N6O2/c1-15-7-9-17(10-8-15)25-12-11-24(13-18(25)27)20(28)19(26-14-21-22-23-26)16-5-3-2-4-6-16/h2-10,14,19H,11-13H2,1H3/t19-/m0/s1. The van der Waals surface area contributed by atoms with E-state index in [1.165, 1.54) is 11.0 Å². The van der Waals surface area contributed by atoms with Gasteiger partial charge in [-0.15, -0.1) is 5.10 Å². The Bertz CT molecular complexity index is 956. The molecule has 1 aliphatic rings. The molecule has 8 nitrogen and oxygen atoms in total. The van der Waals surface area contributed by atoms with Crippen molar-refractivity contribution < 1.29 is 9.59 Å². The second kappa shape index (κ2) is 7.59. The Kier molecular flexibility index (Phi) is 4.84. The van der Waals surface area contributed by atoms with E-state index in [0.29, 0.717) is 13.1 Å². The average molecular weight is 376 g/mol. The van der Waals surface area contributed by atoms with Gasteiger partial charge in [-0.1, -0.05) is 48.0 Å². The van der Waals surface area contributed by atoms with Crippen molar-refractivity contribution in [1.29, 1.82) is 0 Å². The maximum absolute atomic E-state index is 13.3. The van der Waals surface area contributed by atoms with Crippen molar-refractivity contribution in [2.75, 3.05) is 24.5 Å². The number of hydrogen-bond acceptors (Lipinski definition) is 5. The average Bonchev–Trinajstić information content (AvgIpc) is 3.24. The molecule has 0 saturated carbocycles. The van der Waals surface area contributed by atoms with Crippen LogP contribution in [0, 0.1) is 6.92 Å². The highest BCUT2D eigenvalue weighted by Crippen LogP contribution is 2.23.